The Morgan fingerprint density at radius 1 is 1.28 bits per heavy atom. The highest BCUT2D eigenvalue weighted by Gasteiger charge is 2.05. The number of aromatic nitrogens is 2. The maximum atomic E-state index is 5.10. The number of hydrogen-bond acceptors (Lipinski definition) is 4. The van der Waals surface area contributed by atoms with E-state index in [1.54, 1.807) is 13.3 Å². The van der Waals surface area contributed by atoms with Crippen LogP contribution >= 0.6 is 0 Å². The molecule has 0 aromatic carbocycles. The lowest BCUT2D eigenvalue weighted by Crippen LogP contribution is -2.18. The Labute approximate surface area is 107 Å². The van der Waals surface area contributed by atoms with Gasteiger partial charge in [-0.1, -0.05) is 12.1 Å². The van der Waals surface area contributed by atoms with E-state index in [1.807, 2.05) is 30.5 Å². The Morgan fingerprint density at radius 3 is 2.89 bits per heavy atom. The first kappa shape index (κ1) is 12.5. The third-order valence-electron chi connectivity index (χ3n) is 2.76. The summed E-state index contributed by atoms with van der Waals surface area (Å²) in [6.45, 7) is 2.81. The zero-order valence-electron chi connectivity index (χ0n) is 10.6. The minimum Gasteiger partial charge on any atom is -0.481 e. The summed E-state index contributed by atoms with van der Waals surface area (Å²) in [5, 5.41) is 3.41. The quantitative estimate of drug-likeness (QED) is 0.875. The minimum atomic E-state index is 0.242. The molecule has 0 spiro atoms. The fraction of sp³-hybridized carbons (Fsp3) is 0.286. The van der Waals surface area contributed by atoms with Crippen LogP contribution in [0.4, 0.5) is 0 Å². The van der Waals surface area contributed by atoms with E-state index in [9.17, 15) is 0 Å². The number of hydrogen-bond donors (Lipinski definition) is 1. The van der Waals surface area contributed by atoms with Crippen LogP contribution in [0.1, 0.15) is 24.2 Å². The van der Waals surface area contributed by atoms with Crippen molar-refractivity contribution in [2.45, 2.75) is 19.5 Å². The molecule has 0 amide bonds. The van der Waals surface area contributed by atoms with Crippen molar-refractivity contribution in [2.75, 3.05) is 7.11 Å². The highest BCUT2D eigenvalue weighted by Crippen LogP contribution is 2.11. The first-order valence-electron chi connectivity index (χ1n) is 5.93. The van der Waals surface area contributed by atoms with Crippen molar-refractivity contribution in [3.63, 3.8) is 0 Å². The Bertz CT molecular complexity index is 487. The smallest absolute Gasteiger partial charge is 0.213 e. The standard InChI is InChI=1S/C14H17N3O/c1-11(12-5-4-8-15-9-12)16-10-13-6-3-7-14(17-13)18-2/h3-9,11,16H,10H2,1-2H3/t11-/m0/s1. The van der Waals surface area contributed by atoms with E-state index in [2.05, 4.69) is 28.3 Å². The lowest BCUT2D eigenvalue weighted by molar-refractivity contribution is 0.395. The van der Waals surface area contributed by atoms with E-state index in [0.29, 0.717) is 12.4 Å². The van der Waals surface area contributed by atoms with Crippen molar-refractivity contribution >= 4 is 0 Å². The average Bonchev–Trinajstić information content (AvgIpc) is 2.46. The fourth-order valence-electron chi connectivity index (χ4n) is 1.68. The van der Waals surface area contributed by atoms with E-state index in [4.69, 9.17) is 4.74 Å². The molecule has 2 aromatic heterocycles. The largest absolute Gasteiger partial charge is 0.481 e. The van der Waals surface area contributed by atoms with Crippen molar-refractivity contribution in [3.05, 3.63) is 54.0 Å². The second-order valence-corrected chi connectivity index (χ2v) is 4.06. The molecule has 1 atom stereocenters. The van der Waals surface area contributed by atoms with E-state index in [0.717, 1.165) is 5.69 Å². The second kappa shape index (κ2) is 6.12. The third kappa shape index (κ3) is 3.28. The summed E-state index contributed by atoms with van der Waals surface area (Å²) in [5.41, 5.74) is 2.13. The monoisotopic (exact) mass is 243 g/mol. The Morgan fingerprint density at radius 2 is 2.17 bits per heavy atom. The molecule has 0 fully saturated rings. The van der Waals surface area contributed by atoms with E-state index in [1.165, 1.54) is 5.56 Å². The predicted molar refractivity (Wildman–Crippen MR) is 70.3 cm³/mol. The first-order chi connectivity index (χ1) is 8.79. The number of nitrogens with zero attached hydrogens (tertiary/aromatic N) is 2. The SMILES string of the molecule is COc1cccc(CN[C@@H](C)c2cccnc2)n1. The minimum absolute atomic E-state index is 0.242. The molecule has 2 rings (SSSR count). The van der Waals surface area contributed by atoms with Gasteiger partial charge in [0.2, 0.25) is 5.88 Å². The molecule has 0 aliphatic rings. The molecule has 18 heavy (non-hydrogen) atoms. The molecule has 0 saturated carbocycles. The van der Waals surface area contributed by atoms with Gasteiger partial charge in [-0.25, -0.2) is 4.98 Å². The van der Waals surface area contributed by atoms with Crippen LogP contribution in [0.2, 0.25) is 0 Å². The molecule has 0 radical (unpaired) electrons. The Kier molecular flexibility index (Phi) is 4.25. The number of rotatable bonds is 5. The van der Waals surface area contributed by atoms with Crippen LogP contribution in [0.5, 0.6) is 5.88 Å². The molecule has 2 heterocycles. The zero-order valence-corrected chi connectivity index (χ0v) is 10.6. The molecule has 4 nitrogen and oxygen atoms in total. The molecule has 0 aliphatic carbocycles. The topological polar surface area (TPSA) is 47.0 Å². The summed E-state index contributed by atoms with van der Waals surface area (Å²) in [4.78, 5) is 8.47. The van der Waals surface area contributed by atoms with Crippen molar-refractivity contribution in [1.29, 1.82) is 0 Å². The van der Waals surface area contributed by atoms with Crippen molar-refractivity contribution in [3.8, 4) is 5.88 Å². The normalized spacial score (nSPS) is 12.1. The maximum absolute atomic E-state index is 5.10. The number of nitrogens with one attached hydrogen (secondary N) is 1. The molecule has 2 aromatic rings. The van der Waals surface area contributed by atoms with Crippen LogP contribution < -0.4 is 10.1 Å². The lowest BCUT2D eigenvalue weighted by Gasteiger charge is -2.13. The molecular weight excluding hydrogens is 226 g/mol. The van der Waals surface area contributed by atoms with Gasteiger partial charge in [-0.15, -0.1) is 0 Å². The number of pyridine rings is 2. The summed E-state index contributed by atoms with van der Waals surface area (Å²) in [6, 6.07) is 10.0. The Hall–Kier alpha value is -1.94. The van der Waals surface area contributed by atoms with Crippen LogP contribution in [-0.4, -0.2) is 17.1 Å². The van der Waals surface area contributed by atoms with Crippen molar-refractivity contribution < 1.29 is 4.74 Å². The van der Waals surface area contributed by atoms with Crippen molar-refractivity contribution in [2.24, 2.45) is 0 Å². The summed E-state index contributed by atoms with van der Waals surface area (Å²) < 4.78 is 5.10. The van der Waals surface area contributed by atoms with Gasteiger partial charge in [0.25, 0.3) is 0 Å². The van der Waals surface area contributed by atoms with Gasteiger partial charge in [0, 0.05) is 31.0 Å². The number of methoxy groups -OCH3 is 1. The summed E-state index contributed by atoms with van der Waals surface area (Å²) >= 11 is 0. The van der Waals surface area contributed by atoms with Gasteiger partial charge >= 0.3 is 0 Å². The third-order valence-corrected chi connectivity index (χ3v) is 2.76. The summed E-state index contributed by atoms with van der Waals surface area (Å²) in [6.07, 6.45) is 3.65. The fourth-order valence-corrected chi connectivity index (χ4v) is 1.68. The van der Waals surface area contributed by atoms with Gasteiger partial charge in [-0.3, -0.25) is 4.98 Å². The van der Waals surface area contributed by atoms with Gasteiger partial charge < -0.3 is 10.1 Å². The molecule has 0 saturated heterocycles. The number of ether oxygens (including phenoxy) is 1. The highest BCUT2D eigenvalue weighted by atomic mass is 16.5. The van der Waals surface area contributed by atoms with Gasteiger partial charge in [-0.2, -0.15) is 0 Å². The molecule has 0 bridgehead atoms. The van der Waals surface area contributed by atoms with Crippen molar-refractivity contribution in [1.82, 2.24) is 15.3 Å². The second-order valence-electron chi connectivity index (χ2n) is 4.06. The highest BCUT2D eigenvalue weighted by molar-refractivity contribution is 5.17. The van der Waals surface area contributed by atoms with Crippen LogP contribution in [0, 0.1) is 0 Å². The lowest BCUT2D eigenvalue weighted by atomic mass is 10.1. The van der Waals surface area contributed by atoms with Gasteiger partial charge in [-0.05, 0) is 24.6 Å². The zero-order chi connectivity index (χ0) is 12.8. The van der Waals surface area contributed by atoms with Crippen LogP contribution in [0.15, 0.2) is 42.7 Å². The Balaban J connectivity index is 1.95. The van der Waals surface area contributed by atoms with E-state index >= 15 is 0 Å². The summed E-state index contributed by atoms with van der Waals surface area (Å²) in [5.74, 6) is 0.642. The molecule has 0 aliphatic heterocycles. The molecule has 94 valence electrons. The molecule has 0 unspecified atom stereocenters. The van der Waals surface area contributed by atoms with E-state index < -0.39 is 0 Å². The van der Waals surface area contributed by atoms with Gasteiger partial charge in [0.15, 0.2) is 0 Å². The van der Waals surface area contributed by atoms with Gasteiger partial charge in [0.05, 0.1) is 12.8 Å². The van der Waals surface area contributed by atoms with Crippen LogP contribution in [0.3, 0.4) is 0 Å². The van der Waals surface area contributed by atoms with E-state index in [-0.39, 0.29) is 6.04 Å². The summed E-state index contributed by atoms with van der Waals surface area (Å²) in [7, 11) is 1.62. The molecule has 1 N–H and O–H groups in total. The maximum Gasteiger partial charge on any atom is 0.213 e. The first-order valence-corrected chi connectivity index (χ1v) is 5.93. The van der Waals surface area contributed by atoms with Crippen LogP contribution in [-0.2, 0) is 6.54 Å². The predicted octanol–water partition coefficient (Wildman–Crippen LogP) is 2.34. The van der Waals surface area contributed by atoms with Gasteiger partial charge in [0.1, 0.15) is 0 Å². The molecular formula is C14H17N3O. The molecule has 4 heteroatoms. The average molecular weight is 243 g/mol. The van der Waals surface area contributed by atoms with Crippen LogP contribution in [0.25, 0.3) is 0 Å².